The fraction of sp³-hybridized carbons (Fsp3) is 0.0455. The molecule has 0 unspecified atom stereocenters. The van der Waals surface area contributed by atoms with Crippen molar-refractivity contribution in [3.8, 4) is 5.69 Å². The van der Waals surface area contributed by atoms with Gasteiger partial charge in [-0.2, -0.15) is 0 Å². The van der Waals surface area contributed by atoms with Gasteiger partial charge in [0.25, 0.3) is 5.56 Å². The Kier molecular flexibility index (Phi) is 6.45. The van der Waals surface area contributed by atoms with Crippen molar-refractivity contribution >= 4 is 57.5 Å². The molecule has 3 aromatic carbocycles. The zero-order chi connectivity index (χ0) is 22.8. The van der Waals surface area contributed by atoms with Gasteiger partial charge in [0.2, 0.25) is 5.91 Å². The van der Waals surface area contributed by atoms with Crippen molar-refractivity contribution in [2.45, 2.75) is 5.16 Å². The quantitative estimate of drug-likeness (QED) is 0.287. The standard InChI is InChI=1S/C22H13Cl2F2N3O2S/c23-15-7-6-13(10-16(15)24)27-20(30)11-32-22-28-18-4-2-1-3-14(18)21(31)29(22)19-8-5-12(25)9-17(19)26/h1-10H,11H2,(H,27,30). The number of benzene rings is 3. The third-order valence-electron chi connectivity index (χ3n) is 4.43. The summed E-state index contributed by atoms with van der Waals surface area (Å²) in [5.41, 5.74) is 0.137. The van der Waals surface area contributed by atoms with Crippen LogP contribution in [0.25, 0.3) is 16.6 Å². The van der Waals surface area contributed by atoms with E-state index in [4.69, 9.17) is 23.2 Å². The molecular weight excluding hydrogens is 479 g/mol. The highest BCUT2D eigenvalue weighted by atomic mass is 35.5. The Morgan fingerprint density at radius 3 is 2.56 bits per heavy atom. The van der Waals surface area contributed by atoms with E-state index >= 15 is 0 Å². The van der Waals surface area contributed by atoms with Gasteiger partial charge in [0.15, 0.2) is 5.16 Å². The van der Waals surface area contributed by atoms with Gasteiger partial charge in [0.05, 0.1) is 32.4 Å². The predicted molar refractivity (Wildman–Crippen MR) is 123 cm³/mol. The first-order valence-corrected chi connectivity index (χ1v) is 10.9. The van der Waals surface area contributed by atoms with Crippen molar-refractivity contribution in [3.63, 3.8) is 0 Å². The van der Waals surface area contributed by atoms with Crippen LogP contribution in [0.5, 0.6) is 0 Å². The number of rotatable bonds is 5. The summed E-state index contributed by atoms with van der Waals surface area (Å²) in [6, 6.07) is 14.1. The molecule has 1 aromatic heterocycles. The number of fused-ring (bicyclic) bond motifs is 1. The maximum absolute atomic E-state index is 14.5. The lowest BCUT2D eigenvalue weighted by Crippen LogP contribution is -2.23. The van der Waals surface area contributed by atoms with Crippen LogP contribution in [0.4, 0.5) is 14.5 Å². The van der Waals surface area contributed by atoms with Crippen molar-refractivity contribution in [1.29, 1.82) is 0 Å². The zero-order valence-corrected chi connectivity index (χ0v) is 18.4. The Morgan fingerprint density at radius 2 is 1.81 bits per heavy atom. The summed E-state index contributed by atoms with van der Waals surface area (Å²) in [6.07, 6.45) is 0. The molecule has 0 saturated carbocycles. The molecule has 0 atom stereocenters. The highest BCUT2D eigenvalue weighted by molar-refractivity contribution is 7.99. The van der Waals surface area contributed by atoms with Gasteiger partial charge >= 0.3 is 0 Å². The first-order valence-electron chi connectivity index (χ1n) is 9.18. The van der Waals surface area contributed by atoms with Crippen LogP contribution in [-0.2, 0) is 4.79 Å². The van der Waals surface area contributed by atoms with Crippen LogP contribution in [0.15, 0.2) is 70.6 Å². The average Bonchev–Trinajstić information content (AvgIpc) is 2.76. The molecule has 0 fully saturated rings. The number of amides is 1. The molecule has 0 aliphatic heterocycles. The van der Waals surface area contributed by atoms with Crippen LogP contribution in [0.1, 0.15) is 0 Å². The molecule has 0 bridgehead atoms. The molecule has 10 heteroatoms. The van der Waals surface area contributed by atoms with Crippen molar-refractivity contribution in [2.24, 2.45) is 0 Å². The lowest BCUT2D eigenvalue weighted by Gasteiger charge is -2.14. The van der Waals surface area contributed by atoms with E-state index in [1.807, 2.05) is 0 Å². The minimum absolute atomic E-state index is 0.0866. The molecule has 1 N–H and O–H groups in total. The van der Waals surface area contributed by atoms with Crippen LogP contribution >= 0.6 is 35.0 Å². The van der Waals surface area contributed by atoms with Gasteiger partial charge in [0.1, 0.15) is 11.6 Å². The van der Waals surface area contributed by atoms with Crippen LogP contribution in [-0.4, -0.2) is 21.2 Å². The highest BCUT2D eigenvalue weighted by Crippen LogP contribution is 2.26. The van der Waals surface area contributed by atoms with Crippen molar-refractivity contribution in [2.75, 3.05) is 11.1 Å². The lowest BCUT2D eigenvalue weighted by molar-refractivity contribution is -0.113. The second-order valence-corrected chi connectivity index (χ2v) is 8.37. The lowest BCUT2D eigenvalue weighted by atomic mass is 10.2. The molecule has 0 radical (unpaired) electrons. The van der Waals surface area contributed by atoms with Crippen molar-refractivity contribution in [3.05, 3.63) is 92.7 Å². The molecule has 5 nitrogen and oxygen atoms in total. The van der Waals surface area contributed by atoms with Gasteiger partial charge in [-0.05, 0) is 42.5 Å². The summed E-state index contributed by atoms with van der Waals surface area (Å²) in [4.78, 5) is 30.0. The fourth-order valence-electron chi connectivity index (χ4n) is 2.99. The van der Waals surface area contributed by atoms with Gasteiger partial charge in [0, 0.05) is 11.8 Å². The predicted octanol–water partition coefficient (Wildman–Crippen LogP) is 5.70. The molecule has 1 heterocycles. The topological polar surface area (TPSA) is 64.0 Å². The molecule has 4 aromatic rings. The number of aromatic nitrogens is 2. The van der Waals surface area contributed by atoms with Gasteiger partial charge < -0.3 is 5.32 Å². The van der Waals surface area contributed by atoms with Crippen LogP contribution in [0, 0.1) is 11.6 Å². The van der Waals surface area contributed by atoms with E-state index in [2.05, 4.69) is 10.3 Å². The Morgan fingerprint density at radius 1 is 1.03 bits per heavy atom. The first kappa shape index (κ1) is 22.3. The highest BCUT2D eigenvalue weighted by Gasteiger charge is 2.18. The summed E-state index contributed by atoms with van der Waals surface area (Å²) in [5, 5.41) is 3.66. The molecule has 0 saturated heterocycles. The second kappa shape index (κ2) is 9.28. The van der Waals surface area contributed by atoms with E-state index in [1.54, 1.807) is 36.4 Å². The van der Waals surface area contributed by atoms with E-state index in [0.717, 1.165) is 28.5 Å². The number of para-hydroxylation sites is 1. The number of nitrogens with one attached hydrogen (secondary N) is 1. The zero-order valence-electron chi connectivity index (χ0n) is 16.1. The number of hydrogen-bond donors (Lipinski definition) is 1. The Labute approximate surface area is 195 Å². The number of anilines is 1. The van der Waals surface area contributed by atoms with Gasteiger partial charge in [-0.3, -0.25) is 14.2 Å². The SMILES string of the molecule is O=C(CSc1nc2ccccc2c(=O)n1-c1ccc(F)cc1F)Nc1ccc(Cl)c(Cl)c1. The van der Waals surface area contributed by atoms with Crippen molar-refractivity contribution < 1.29 is 13.6 Å². The minimum Gasteiger partial charge on any atom is -0.325 e. The molecule has 32 heavy (non-hydrogen) atoms. The molecule has 0 spiro atoms. The maximum atomic E-state index is 14.5. The summed E-state index contributed by atoms with van der Waals surface area (Å²) >= 11 is 12.8. The Balaban J connectivity index is 1.68. The summed E-state index contributed by atoms with van der Waals surface area (Å²) in [6.45, 7) is 0. The molecule has 162 valence electrons. The summed E-state index contributed by atoms with van der Waals surface area (Å²) in [7, 11) is 0. The number of carbonyl (C=O) groups excluding carboxylic acids is 1. The summed E-state index contributed by atoms with van der Waals surface area (Å²) < 4.78 is 29.0. The summed E-state index contributed by atoms with van der Waals surface area (Å²) in [5.74, 6) is -2.23. The largest absolute Gasteiger partial charge is 0.325 e. The number of thioether (sulfide) groups is 1. The fourth-order valence-corrected chi connectivity index (χ4v) is 4.09. The number of nitrogens with zero attached hydrogens (tertiary/aromatic N) is 2. The molecule has 1 amide bonds. The minimum atomic E-state index is -0.925. The van der Waals surface area contributed by atoms with Crippen LogP contribution < -0.4 is 10.9 Å². The van der Waals surface area contributed by atoms with Gasteiger partial charge in [-0.25, -0.2) is 13.8 Å². The normalized spacial score (nSPS) is 11.0. The molecular formula is C22H13Cl2F2N3O2S. The molecule has 0 aliphatic rings. The van der Waals surface area contributed by atoms with E-state index < -0.39 is 23.1 Å². The smallest absolute Gasteiger partial charge is 0.266 e. The average molecular weight is 492 g/mol. The molecule has 0 aliphatic carbocycles. The third-order valence-corrected chi connectivity index (χ3v) is 6.11. The van der Waals surface area contributed by atoms with Gasteiger partial charge in [-0.15, -0.1) is 0 Å². The van der Waals surface area contributed by atoms with Gasteiger partial charge in [-0.1, -0.05) is 47.1 Å². The van der Waals surface area contributed by atoms with Crippen LogP contribution in [0.2, 0.25) is 10.0 Å². The van der Waals surface area contributed by atoms with E-state index in [9.17, 15) is 18.4 Å². The Hall–Kier alpha value is -2.94. The third kappa shape index (κ3) is 4.62. The monoisotopic (exact) mass is 491 g/mol. The van der Waals surface area contributed by atoms with E-state index in [1.165, 1.54) is 6.07 Å². The van der Waals surface area contributed by atoms with Crippen molar-refractivity contribution in [1.82, 2.24) is 9.55 Å². The Bertz CT molecular complexity index is 1410. The number of hydrogen-bond acceptors (Lipinski definition) is 4. The maximum Gasteiger partial charge on any atom is 0.266 e. The first-order chi connectivity index (χ1) is 15.3. The van der Waals surface area contributed by atoms with Crippen LogP contribution in [0.3, 0.4) is 0 Å². The number of halogens is 4. The van der Waals surface area contributed by atoms with E-state index in [0.29, 0.717) is 22.3 Å². The molecule has 4 rings (SSSR count). The second-order valence-electron chi connectivity index (χ2n) is 6.61. The van der Waals surface area contributed by atoms with E-state index in [-0.39, 0.29) is 27.0 Å². The number of carbonyl (C=O) groups is 1.